The normalized spacial score (nSPS) is 17.7. The Kier molecular flexibility index (Phi) is 15.1. The van der Waals surface area contributed by atoms with Crippen LogP contribution in [0.4, 0.5) is 4.79 Å². The summed E-state index contributed by atoms with van der Waals surface area (Å²) in [6.45, 7) is 6.81. The van der Waals surface area contributed by atoms with Gasteiger partial charge in [-0.1, -0.05) is 26.0 Å². The maximum Gasteiger partial charge on any atom is 0.313 e. The number of carbonyl (C=O) groups excluding carboxylic acids is 2. The van der Waals surface area contributed by atoms with Gasteiger partial charge in [0.1, 0.15) is 6.17 Å². The van der Waals surface area contributed by atoms with E-state index in [1.54, 1.807) is 0 Å². The molecule has 2 rings (SSSR count). The van der Waals surface area contributed by atoms with Crippen molar-refractivity contribution in [3.05, 3.63) is 24.6 Å². The molecule has 1 unspecified atom stereocenters. The third-order valence-electron chi connectivity index (χ3n) is 3.42. The van der Waals surface area contributed by atoms with E-state index in [9.17, 15) is 9.59 Å². The standard InChI is InChI=1S/C9H17N3O.C5H9N.C4H7NO/c1-2-6-12-7-4-3-5-8(12)11-9(10)13;1-2-4-6-5-3-1;1-2-3-5-4-6/h4,7-8H,2-3,5-6H2,1H3,(H3,10,11,13);2,4,6H,1,3,5H2;2-3H2,1H3. The number of urea groups is 1. The van der Waals surface area contributed by atoms with E-state index in [-0.39, 0.29) is 6.17 Å². The number of nitrogens with zero attached hydrogens (tertiary/aromatic N) is 2. The van der Waals surface area contributed by atoms with Crippen molar-refractivity contribution < 1.29 is 9.59 Å². The van der Waals surface area contributed by atoms with E-state index < -0.39 is 6.03 Å². The smallest absolute Gasteiger partial charge is 0.313 e. The summed E-state index contributed by atoms with van der Waals surface area (Å²) in [4.78, 5) is 25.4. The number of hydrogen-bond acceptors (Lipinski definition) is 5. The molecule has 1 atom stereocenters. The van der Waals surface area contributed by atoms with Crippen LogP contribution in [-0.2, 0) is 4.79 Å². The Morgan fingerprint density at radius 1 is 1.36 bits per heavy atom. The summed E-state index contributed by atoms with van der Waals surface area (Å²) < 4.78 is 0. The molecule has 0 aromatic rings. The number of aliphatic imine (C=N–C) groups is 1. The minimum absolute atomic E-state index is 0.0856. The number of hydrogen-bond donors (Lipinski definition) is 3. The maximum absolute atomic E-state index is 10.7. The number of isocyanates is 1. The van der Waals surface area contributed by atoms with E-state index in [1.807, 2.05) is 19.3 Å². The fraction of sp³-hybridized carbons (Fsp3) is 0.667. The molecule has 2 amide bonds. The highest BCUT2D eigenvalue weighted by molar-refractivity contribution is 5.71. The van der Waals surface area contributed by atoms with Gasteiger partial charge in [-0.05, 0) is 50.9 Å². The van der Waals surface area contributed by atoms with E-state index >= 15 is 0 Å². The molecule has 0 aromatic heterocycles. The average Bonchev–Trinajstić information content (AvgIpc) is 2.64. The van der Waals surface area contributed by atoms with Crippen LogP contribution in [0.2, 0.25) is 0 Å². The molecule has 0 aliphatic carbocycles. The number of amides is 2. The Morgan fingerprint density at radius 2 is 2.16 bits per heavy atom. The zero-order chi connectivity index (χ0) is 18.8. The molecule has 0 saturated heterocycles. The molecule has 0 spiro atoms. The summed E-state index contributed by atoms with van der Waals surface area (Å²) >= 11 is 0. The summed E-state index contributed by atoms with van der Waals surface area (Å²) in [6.07, 6.45) is 16.4. The minimum atomic E-state index is -0.443. The van der Waals surface area contributed by atoms with Gasteiger partial charge in [-0.25, -0.2) is 14.6 Å². The van der Waals surface area contributed by atoms with Crippen molar-refractivity contribution in [1.29, 1.82) is 0 Å². The Labute approximate surface area is 151 Å². The molecule has 0 fully saturated rings. The van der Waals surface area contributed by atoms with Crippen LogP contribution in [-0.4, -0.2) is 42.8 Å². The lowest BCUT2D eigenvalue weighted by atomic mass is 10.1. The Balaban J connectivity index is 0.000000399. The largest absolute Gasteiger partial charge is 0.391 e. The fourth-order valence-electron chi connectivity index (χ4n) is 2.27. The topological polar surface area (TPSA) is 99.8 Å². The minimum Gasteiger partial charge on any atom is -0.391 e. The van der Waals surface area contributed by atoms with Crippen molar-refractivity contribution in [1.82, 2.24) is 15.5 Å². The lowest BCUT2D eigenvalue weighted by Gasteiger charge is -2.33. The molecule has 7 nitrogen and oxygen atoms in total. The second-order valence-corrected chi connectivity index (χ2v) is 5.70. The second kappa shape index (κ2) is 16.6. The van der Waals surface area contributed by atoms with Crippen LogP contribution in [0.1, 0.15) is 52.4 Å². The van der Waals surface area contributed by atoms with E-state index in [0.29, 0.717) is 6.54 Å². The predicted molar refractivity (Wildman–Crippen MR) is 102 cm³/mol. The van der Waals surface area contributed by atoms with Crippen molar-refractivity contribution in [2.24, 2.45) is 10.7 Å². The number of nitrogens with one attached hydrogen (secondary N) is 2. The molecule has 2 aliphatic heterocycles. The van der Waals surface area contributed by atoms with Crippen LogP contribution >= 0.6 is 0 Å². The van der Waals surface area contributed by atoms with Crippen LogP contribution < -0.4 is 16.4 Å². The van der Waals surface area contributed by atoms with Crippen molar-refractivity contribution in [3.8, 4) is 0 Å². The van der Waals surface area contributed by atoms with E-state index in [0.717, 1.165) is 38.8 Å². The highest BCUT2D eigenvalue weighted by atomic mass is 16.2. The maximum atomic E-state index is 10.7. The number of allylic oxidation sites excluding steroid dienone is 2. The molecule has 0 bridgehead atoms. The van der Waals surface area contributed by atoms with Crippen LogP contribution in [0.5, 0.6) is 0 Å². The summed E-state index contributed by atoms with van der Waals surface area (Å²) in [7, 11) is 0. The zero-order valence-corrected chi connectivity index (χ0v) is 15.5. The summed E-state index contributed by atoms with van der Waals surface area (Å²) in [5.41, 5.74) is 5.08. The quantitative estimate of drug-likeness (QED) is 0.523. The molecule has 2 aliphatic rings. The average molecular weight is 351 g/mol. The van der Waals surface area contributed by atoms with Gasteiger partial charge in [-0.15, -0.1) is 0 Å². The molecular weight excluding hydrogens is 318 g/mol. The molecular formula is C18H33N5O2. The van der Waals surface area contributed by atoms with Gasteiger partial charge in [0.15, 0.2) is 0 Å². The van der Waals surface area contributed by atoms with Gasteiger partial charge in [0, 0.05) is 13.1 Å². The molecule has 7 heteroatoms. The van der Waals surface area contributed by atoms with Gasteiger partial charge in [-0.2, -0.15) is 0 Å². The first-order chi connectivity index (χ1) is 12.2. The first-order valence-electron chi connectivity index (χ1n) is 9.06. The van der Waals surface area contributed by atoms with Gasteiger partial charge >= 0.3 is 6.03 Å². The highest BCUT2D eigenvalue weighted by Crippen LogP contribution is 2.12. The molecule has 25 heavy (non-hydrogen) atoms. The van der Waals surface area contributed by atoms with Crippen LogP contribution in [0.3, 0.4) is 0 Å². The fourth-order valence-corrected chi connectivity index (χ4v) is 2.27. The first kappa shape index (κ1) is 22.7. The van der Waals surface area contributed by atoms with Crippen LogP contribution in [0.15, 0.2) is 29.5 Å². The van der Waals surface area contributed by atoms with Crippen LogP contribution in [0, 0.1) is 0 Å². The van der Waals surface area contributed by atoms with Crippen molar-refractivity contribution in [2.45, 2.75) is 58.5 Å². The lowest BCUT2D eigenvalue weighted by molar-refractivity contribution is 0.200. The summed E-state index contributed by atoms with van der Waals surface area (Å²) in [6, 6.07) is -0.443. The van der Waals surface area contributed by atoms with Crippen molar-refractivity contribution >= 4 is 12.1 Å². The highest BCUT2D eigenvalue weighted by Gasteiger charge is 2.17. The Bertz CT molecular complexity index is 437. The first-order valence-corrected chi connectivity index (χ1v) is 9.06. The Morgan fingerprint density at radius 3 is 2.56 bits per heavy atom. The molecule has 0 radical (unpaired) electrons. The Hall–Kier alpha value is -2.27. The number of rotatable bonds is 5. The van der Waals surface area contributed by atoms with Gasteiger partial charge in [-0.3, -0.25) is 0 Å². The van der Waals surface area contributed by atoms with E-state index in [2.05, 4.69) is 39.6 Å². The molecule has 2 heterocycles. The SMILES string of the molecule is C1=CNCCC1.CCCN1C=CCCC1NC(N)=O.CCCN=C=O. The summed E-state index contributed by atoms with van der Waals surface area (Å²) in [5.74, 6) is 0. The second-order valence-electron chi connectivity index (χ2n) is 5.70. The molecule has 4 N–H and O–H groups in total. The van der Waals surface area contributed by atoms with Crippen molar-refractivity contribution in [2.75, 3.05) is 19.6 Å². The van der Waals surface area contributed by atoms with Gasteiger partial charge < -0.3 is 21.3 Å². The van der Waals surface area contributed by atoms with Crippen molar-refractivity contribution in [3.63, 3.8) is 0 Å². The molecule has 0 aromatic carbocycles. The third-order valence-corrected chi connectivity index (χ3v) is 3.42. The number of nitrogens with two attached hydrogens (primary N) is 1. The molecule has 0 saturated carbocycles. The lowest BCUT2D eigenvalue weighted by Crippen LogP contribution is -2.49. The monoisotopic (exact) mass is 351 g/mol. The number of primary amides is 1. The van der Waals surface area contributed by atoms with E-state index in [1.165, 1.54) is 18.9 Å². The number of carbonyl (C=O) groups is 1. The van der Waals surface area contributed by atoms with Gasteiger partial charge in [0.25, 0.3) is 0 Å². The van der Waals surface area contributed by atoms with E-state index in [4.69, 9.17) is 5.73 Å². The van der Waals surface area contributed by atoms with Gasteiger partial charge in [0.2, 0.25) is 6.08 Å². The van der Waals surface area contributed by atoms with Gasteiger partial charge in [0.05, 0.1) is 6.54 Å². The third kappa shape index (κ3) is 13.8. The summed E-state index contributed by atoms with van der Waals surface area (Å²) in [5, 5.41) is 5.83. The van der Waals surface area contributed by atoms with Crippen LogP contribution in [0.25, 0.3) is 0 Å². The molecule has 142 valence electrons. The zero-order valence-electron chi connectivity index (χ0n) is 15.5. The predicted octanol–water partition coefficient (Wildman–Crippen LogP) is 2.62.